The second kappa shape index (κ2) is 2.55. The SMILES string of the molecule is C=C(C)c1cnc2c(=O)[nH]cnn12. The summed E-state index contributed by atoms with van der Waals surface area (Å²) in [4.78, 5) is 17.6. The molecule has 0 atom stereocenters. The van der Waals surface area contributed by atoms with E-state index < -0.39 is 0 Å². The Morgan fingerprint density at radius 1 is 1.69 bits per heavy atom. The second-order valence-electron chi connectivity index (χ2n) is 2.78. The summed E-state index contributed by atoms with van der Waals surface area (Å²) in [7, 11) is 0. The zero-order valence-electron chi connectivity index (χ0n) is 7.11. The van der Waals surface area contributed by atoms with Gasteiger partial charge in [-0.2, -0.15) is 5.10 Å². The summed E-state index contributed by atoms with van der Waals surface area (Å²) in [6, 6.07) is 0. The molecular weight excluding hydrogens is 168 g/mol. The number of hydrogen-bond acceptors (Lipinski definition) is 3. The van der Waals surface area contributed by atoms with E-state index in [0.29, 0.717) is 5.65 Å². The summed E-state index contributed by atoms with van der Waals surface area (Å²) in [6.45, 7) is 5.60. The van der Waals surface area contributed by atoms with Crippen LogP contribution in [-0.4, -0.2) is 19.6 Å². The van der Waals surface area contributed by atoms with E-state index in [1.165, 1.54) is 10.8 Å². The smallest absolute Gasteiger partial charge is 0.294 e. The Morgan fingerprint density at radius 2 is 2.46 bits per heavy atom. The van der Waals surface area contributed by atoms with Crippen molar-refractivity contribution in [2.45, 2.75) is 6.92 Å². The van der Waals surface area contributed by atoms with Crippen LogP contribution in [0.5, 0.6) is 0 Å². The fourth-order valence-corrected chi connectivity index (χ4v) is 1.12. The van der Waals surface area contributed by atoms with Crippen molar-refractivity contribution in [3.63, 3.8) is 0 Å². The summed E-state index contributed by atoms with van der Waals surface area (Å²) in [5.41, 5.74) is 1.62. The lowest BCUT2D eigenvalue weighted by Gasteiger charge is -1.96. The normalized spacial score (nSPS) is 10.5. The number of nitrogens with one attached hydrogen (secondary N) is 1. The Morgan fingerprint density at radius 3 is 3.15 bits per heavy atom. The first-order chi connectivity index (χ1) is 6.20. The molecule has 0 saturated carbocycles. The molecule has 1 N–H and O–H groups in total. The van der Waals surface area contributed by atoms with Gasteiger partial charge in [-0.15, -0.1) is 0 Å². The fraction of sp³-hybridized carbons (Fsp3) is 0.125. The minimum absolute atomic E-state index is 0.248. The van der Waals surface area contributed by atoms with E-state index in [2.05, 4.69) is 21.6 Å². The molecule has 0 amide bonds. The molecule has 0 saturated heterocycles. The lowest BCUT2D eigenvalue weighted by molar-refractivity contribution is 0.871. The standard InChI is InChI=1S/C8H8N4O/c1-5(2)6-3-9-7-8(13)10-4-11-12(6)7/h3-4H,1H2,2H3,(H,10,11,13). The highest BCUT2D eigenvalue weighted by molar-refractivity contribution is 5.60. The molecule has 2 rings (SSSR count). The van der Waals surface area contributed by atoms with Crippen molar-refractivity contribution in [1.82, 2.24) is 19.6 Å². The lowest BCUT2D eigenvalue weighted by atomic mass is 10.3. The third-order valence-electron chi connectivity index (χ3n) is 1.75. The molecule has 13 heavy (non-hydrogen) atoms. The van der Waals surface area contributed by atoms with Crippen molar-refractivity contribution in [3.05, 3.63) is 35.2 Å². The van der Waals surface area contributed by atoms with Crippen LogP contribution < -0.4 is 5.56 Å². The van der Waals surface area contributed by atoms with Crippen LogP contribution >= 0.6 is 0 Å². The first-order valence-electron chi connectivity index (χ1n) is 3.77. The molecular formula is C8H8N4O. The molecule has 0 aromatic carbocycles. The van der Waals surface area contributed by atoms with Crippen LogP contribution in [0.2, 0.25) is 0 Å². The summed E-state index contributed by atoms with van der Waals surface area (Å²) >= 11 is 0. The quantitative estimate of drug-likeness (QED) is 0.686. The number of allylic oxidation sites excluding steroid dienone is 1. The molecule has 0 radical (unpaired) electrons. The second-order valence-corrected chi connectivity index (χ2v) is 2.78. The van der Waals surface area contributed by atoms with E-state index >= 15 is 0 Å². The highest BCUT2D eigenvalue weighted by Crippen LogP contribution is 2.09. The van der Waals surface area contributed by atoms with Crippen molar-refractivity contribution in [3.8, 4) is 0 Å². The Kier molecular flexibility index (Phi) is 1.51. The highest BCUT2D eigenvalue weighted by atomic mass is 16.1. The maximum atomic E-state index is 11.2. The number of aromatic amines is 1. The van der Waals surface area contributed by atoms with Gasteiger partial charge >= 0.3 is 0 Å². The highest BCUT2D eigenvalue weighted by Gasteiger charge is 2.06. The van der Waals surface area contributed by atoms with Crippen LogP contribution in [0, 0.1) is 0 Å². The zero-order valence-corrected chi connectivity index (χ0v) is 7.11. The Hall–Kier alpha value is -1.91. The van der Waals surface area contributed by atoms with Crippen molar-refractivity contribution >= 4 is 11.2 Å². The van der Waals surface area contributed by atoms with E-state index in [9.17, 15) is 4.79 Å². The van der Waals surface area contributed by atoms with Crippen molar-refractivity contribution in [2.75, 3.05) is 0 Å². The Bertz CT molecular complexity index is 522. The number of H-pyrrole nitrogens is 1. The molecule has 0 aliphatic heterocycles. The number of nitrogens with zero attached hydrogens (tertiary/aromatic N) is 3. The van der Waals surface area contributed by atoms with E-state index in [0.717, 1.165) is 11.3 Å². The van der Waals surface area contributed by atoms with Crippen LogP contribution in [0.3, 0.4) is 0 Å². The van der Waals surface area contributed by atoms with E-state index in [1.807, 2.05) is 6.92 Å². The zero-order chi connectivity index (χ0) is 9.42. The molecule has 0 bridgehead atoms. The molecule has 0 fully saturated rings. The van der Waals surface area contributed by atoms with Gasteiger partial charge in [0.15, 0.2) is 0 Å². The molecule has 2 aromatic rings. The fourth-order valence-electron chi connectivity index (χ4n) is 1.12. The molecule has 0 aliphatic rings. The van der Waals surface area contributed by atoms with Crippen molar-refractivity contribution in [1.29, 1.82) is 0 Å². The number of rotatable bonds is 1. The van der Waals surface area contributed by atoms with E-state index in [1.54, 1.807) is 6.20 Å². The van der Waals surface area contributed by atoms with Gasteiger partial charge in [0.25, 0.3) is 5.56 Å². The predicted molar refractivity (Wildman–Crippen MR) is 48.3 cm³/mol. The van der Waals surface area contributed by atoms with Crippen LogP contribution in [0.15, 0.2) is 23.9 Å². The summed E-state index contributed by atoms with van der Waals surface area (Å²) in [5.74, 6) is 0. The number of fused-ring (bicyclic) bond motifs is 1. The number of hydrogen-bond donors (Lipinski definition) is 1. The van der Waals surface area contributed by atoms with Crippen LogP contribution in [-0.2, 0) is 0 Å². The Balaban J connectivity index is 2.91. The monoisotopic (exact) mass is 176 g/mol. The lowest BCUT2D eigenvalue weighted by Crippen LogP contribution is -2.11. The van der Waals surface area contributed by atoms with Gasteiger partial charge in [0, 0.05) is 0 Å². The van der Waals surface area contributed by atoms with E-state index in [4.69, 9.17) is 0 Å². The Labute approximate surface area is 73.7 Å². The molecule has 0 unspecified atom stereocenters. The van der Waals surface area contributed by atoms with Gasteiger partial charge in [0.1, 0.15) is 6.33 Å². The maximum Gasteiger partial charge on any atom is 0.294 e. The summed E-state index contributed by atoms with van der Waals surface area (Å²) in [5, 5.41) is 3.96. The van der Waals surface area contributed by atoms with Gasteiger partial charge < -0.3 is 4.98 Å². The molecule has 66 valence electrons. The topological polar surface area (TPSA) is 63.0 Å². The van der Waals surface area contributed by atoms with E-state index in [-0.39, 0.29) is 5.56 Å². The first kappa shape index (κ1) is 7.72. The molecule has 0 aliphatic carbocycles. The average molecular weight is 176 g/mol. The summed E-state index contributed by atoms with van der Waals surface area (Å²) in [6.07, 6.45) is 2.92. The third kappa shape index (κ3) is 1.05. The van der Waals surface area contributed by atoms with Gasteiger partial charge in [0.2, 0.25) is 5.65 Å². The van der Waals surface area contributed by atoms with Gasteiger partial charge in [0.05, 0.1) is 11.9 Å². The maximum absolute atomic E-state index is 11.2. The molecule has 2 heterocycles. The minimum atomic E-state index is -0.248. The first-order valence-corrected chi connectivity index (χ1v) is 3.77. The molecule has 2 aromatic heterocycles. The molecule has 0 spiro atoms. The minimum Gasteiger partial charge on any atom is -0.308 e. The van der Waals surface area contributed by atoms with Crippen LogP contribution in [0.25, 0.3) is 11.2 Å². The van der Waals surface area contributed by atoms with Gasteiger partial charge in [-0.3, -0.25) is 4.79 Å². The largest absolute Gasteiger partial charge is 0.308 e. The average Bonchev–Trinajstić information content (AvgIpc) is 2.48. The summed E-state index contributed by atoms with van der Waals surface area (Å²) < 4.78 is 1.47. The van der Waals surface area contributed by atoms with Crippen LogP contribution in [0.4, 0.5) is 0 Å². The van der Waals surface area contributed by atoms with Gasteiger partial charge in [-0.05, 0) is 12.5 Å². The van der Waals surface area contributed by atoms with Gasteiger partial charge in [-0.1, -0.05) is 6.58 Å². The van der Waals surface area contributed by atoms with Crippen LogP contribution in [0.1, 0.15) is 12.6 Å². The van der Waals surface area contributed by atoms with Gasteiger partial charge in [-0.25, -0.2) is 9.50 Å². The molecule has 5 heteroatoms. The predicted octanol–water partition coefficient (Wildman–Crippen LogP) is 0.451. The van der Waals surface area contributed by atoms with Crippen molar-refractivity contribution < 1.29 is 0 Å². The third-order valence-corrected chi connectivity index (χ3v) is 1.75. The number of aromatic nitrogens is 4. The molecule has 5 nitrogen and oxygen atoms in total. The number of imidazole rings is 1. The van der Waals surface area contributed by atoms with Crippen molar-refractivity contribution in [2.24, 2.45) is 0 Å².